The summed E-state index contributed by atoms with van der Waals surface area (Å²) in [5.41, 5.74) is 6.02. The van der Waals surface area contributed by atoms with Crippen molar-refractivity contribution in [1.29, 1.82) is 5.26 Å². The van der Waals surface area contributed by atoms with Gasteiger partial charge in [0.1, 0.15) is 23.1 Å². The van der Waals surface area contributed by atoms with Crippen molar-refractivity contribution in [1.82, 2.24) is 25.2 Å². The average Bonchev–Trinajstić information content (AvgIpc) is 2.86. The molecule has 0 radical (unpaired) electrons. The van der Waals surface area contributed by atoms with Gasteiger partial charge in [0.05, 0.1) is 18.4 Å². The lowest BCUT2D eigenvalue weighted by Crippen LogP contribution is -2.46. The average molecular weight is 509 g/mol. The Bertz CT molecular complexity index is 1530. The highest BCUT2D eigenvalue weighted by Gasteiger charge is 2.20. The highest BCUT2D eigenvalue weighted by molar-refractivity contribution is 5.93. The summed E-state index contributed by atoms with van der Waals surface area (Å²) in [7, 11) is 0. The van der Waals surface area contributed by atoms with E-state index in [1.807, 2.05) is 0 Å². The molecule has 0 bridgehead atoms. The van der Waals surface area contributed by atoms with Crippen LogP contribution in [0.4, 0.5) is 19.1 Å². The number of hydrogen-bond donors (Lipinski definition) is 4. The molecule has 1 unspecified atom stereocenters. The Hall–Kier alpha value is -4.47. The largest absolute Gasteiger partial charge is 0.353 e. The van der Waals surface area contributed by atoms with Gasteiger partial charge in [0.15, 0.2) is 11.8 Å². The van der Waals surface area contributed by atoms with Crippen LogP contribution in [0.2, 0.25) is 0 Å². The van der Waals surface area contributed by atoms with Crippen molar-refractivity contribution in [2.24, 2.45) is 5.73 Å². The number of pyridine rings is 1. The summed E-state index contributed by atoms with van der Waals surface area (Å²) >= 11 is 0. The van der Waals surface area contributed by atoms with Crippen LogP contribution in [0, 0.1) is 35.8 Å². The Labute approximate surface area is 209 Å². The number of nitrogens with two attached hydrogens (primary N) is 1. The molecule has 0 fully saturated rings. The first-order chi connectivity index (χ1) is 17.8. The molecule has 2 aromatic heterocycles. The zero-order chi connectivity index (χ0) is 26.5. The van der Waals surface area contributed by atoms with Crippen molar-refractivity contribution in [2.45, 2.75) is 13.1 Å². The van der Waals surface area contributed by atoms with Gasteiger partial charge in [-0.15, -0.1) is 0 Å². The molecule has 0 aliphatic rings. The number of nitrogens with one attached hydrogen (secondary N) is 3. The number of anilines is 1. The first-order valence-electron chi connectivity index (χ1n) is 11.3. The van der Waals surface area contributed by atoms with E-state index in [-0.39, 0.29) is 18.1 Å². The number of nitrogens with zero attached hydrogens (tertiary/aromatic N) is 4. The quantitative estimate of drug-likeness (QED) is 0.117. The Morgan fingerprint density at radius 2 is 1.84 bits per heavy atom. The molecule has 0 aliphatic carbocycles. The third-order valence-electron chi connectivity index (χ3n) is 5.57. The molecule has 37 heavy (non-hydrogen) atoms. The van der Waals surface area contributed by atoms with Gasteiger partial charge in [-0.25, -0.2) is 18.2 Å². The molecule has 2 aromatic carbocycles. The van der Waals surface area contributed by atoms with Crippen LogP contribution >= 0.6 is 0 Å². The standard InChI is InChI=1S/C25H23F3N8O/c1-14-11-15(26)5-6-16(14)22-17-7-8-21(37)36(23-18(27)3-2-4-19(23)28)24(17)35-25(34-22)33-10-9-32-20(30)12-31-13-29/h2-8,11,20,31-32H,9-10,12,30H2,1H3,(H,33,34,35). The number of nitriles is 1. The lowest BCUT2D eigenvalue weighted by Gasteiger charge is -2.17. The first-order valence-corrected chi connectivity index (χ1v) is 11.3. The van der Waals surface area contributed by atoms with Gasteiger partial charge in [-0.3, -0.25) is 14.7 Å². The predicted molar refractivity (Wildman–Crippen MR) is 133 cm³/mol. The van der Waals surface area contributed by atoms with Gasteiger partial charge in [0.25, 0.3) is 5.56 Å². The number of halogens is 3. The molecule has 190 valence electrons. The van der Waals surface area contributed by atoms with E-state index in [0.717, 1.165) is 16.7 Å². The molecule has 5 N–H and O–H groups in total. The molecule has 2 heterocycles. The summed E-state index contributed by atoms with van der Waals surface area (Å²) in [5.74, 6) is -2.23. The van der Waals surface area contributed by atoms with Crippen molar-refractivity contribution in [3.05, 3.63) is 81.9 Å². The molecule has 0 amide bonds. The molecule has 1 atom stereocenters. The minimum atomic E-state index is -0.939. The van der Waals surface area contributed by atoms with Crippen LogP contribution in [0.3, 0.4) is 0 Å². The monoisotopic (exact) mass is 508 g/mol. The van der Waals surface area contributed by atoms with E-state index >= 15 is 0 Å². The highest BCUT2D eigenvalue weighted by Crippen LogP contribution is 2.31. The summed E-state index contributed by atoms with van der Waals surface area (Å²) in [5, 5.41) is 17.4. The van der Waals surface area contributed by atoms with Crippen molar-refractivity contribution in [2.75, 3.05) is 25.0 Å². The molecule has 9 nitrogen and oxygen atoms in total. The predicted octanol–water partition coefficient (Wildman–Crippen LogP) is 2.53. The van der Waals surface area contributed by atoms with Crippen LogP contribution in [0.1, 0.15) is 5.56 Å². The highest BCUT2D eigenvalue weighted by atomic mass is 19.1. The SMILES string of the molecule is Cc1cc(F)ccc1-c1nc(NCCNC(N)CNC#N)nc2c1ccc(=O)n2-c1c(F)cccc1F. The number of fused-ring (bicyclic) bond motifs is 1. The van der Waals surface area contributed by atoms with Crippen molar-refractivity contribution in [3.8, 4) is 23.1 Å². The van der Waals surface area contributed by atoms with Crippen LogP contribution in [0.15, 0.2) is 53.3 Å². The van der Waals surface area contributed by atoms with Crippen molar-refractivity contribution in [3.63, 3.8) is 0 Å². The van der Waals surface area contributed by atoms with Gasteiger partial charge < -0.3 is 16.4 Å². The van der Waals surface area contributed by atoms with Crippen LogP contribution in [-0.4, -0.2) is 40.3 Å². The number of rotatable bonds is 9. The van der Waals surface area contributed by atoms with E-state index in [9.17, 15) is 18.0 Å². The molecule has 0 saturated carbocycles. The fourth-order valence-corrected chi connectivity index (χ4v) is 3.87. The Balaban J connectivity index is 1.84. The second-order valence-corrected chi connectivity index (χ2v) is 8.15. The second-order valence-electron chi connectivity index (χ2n) is 8.15. The molecule has 12 heteroatoms. The number of aromatic nitrogens is 3. The third kappa shape index (κ3) is 5.53. The smallest absolute Gasteiger partial charge is 0.256 e. The maximum Gasteiger partial charge on any atom is 0.256 e. The van der Waals surface area contributed by atoms with Gasteiger partial charge in [0, 0.05) is 30.1 Å². The minimum Gasteiger partial charge on any atom is -0.353 e. The van der Waals surface area contributed by atoms with Gasteiger partial charge >= 0.3 is 0 Å². The fourth-order valence-electron chi connectivity index (χ4n) is 3.87. The topological polar surface area (TPSA) is 134 Å². The third-order valence-corrected chi connectivity index (χ3v) is 5.57. The molecular weight excluding hydrogens is 485 g/mol. The summed E-state index contributed by atoms with van der Waals surface area (Å²) in [6.45, 7) is 2.59. The summed E-state index contributed by atoms with van der Waals surface area (Å²) < 4.78 is 44.2. The molecular formula is C25H23F3N8O. The van der Waals surface area contributed by atoms with E-state index in [1.165, 1.54) is 36.4 Å². The van der Waals surface area contributed by atoms with Crippen LogP contribution in [0.5, 0.6) is 0 Å². The number of para-hydroxylation sites is 1. The minimum absolute atomic E-state index is 0.0318. The lowest BCUT2D eigenvalue weighted by atomic mass is 10.0. The van der Waals surface area contributed by atoms with Crippen LogP contribution in [0.25, 0.3) is 28.0 Å². The maximum atomic E-state index is 14.7. The molecule has 4 aromatic rings. The normalized spacial score (nSPS) is 11.8. The molecule has 0 spiro atoms. The zero-order valence-electron chi connectivity index (χ0n) is 19.7. The fraction of sp³-hybridized carbons (Fsp3) is 0.200. The van der Waals surface area contributed by atoms with E-state index in [4.69, 9.17) is 11.0 Å². The van der Waals surface area contributed by atoms with Gasteiger partial charge in [-0.05, 0) is 48.9 Å². The maximum absolute atomic E-state index is 14.7. The molecule has 0 aliphatic heterocycles. The zero-order valence-corrected chi connectivity index (χ0v) is 19.7. The van der Waals surface area contributed by atoms with E-state index in [1.54, 1.807) is 13.1 Å². The lowest BCUT2D eigenvalue weighted by molar-refractivity contribution is 0.524. The summed E-state index contributed by atoms with van der Waals surface area (Å²) in [6, 6.07) is 10.1. The Morgan fingerprint density at radius 1 is 1.08 bits per heavy atom. The number of hydrogen-bond acceptors (Lipinski definition) is 8. The summed E-state index contributed by atoms with van der Waals surface area (Å²) in [6.07, 6.45) is 1.30. The van der Waals surface area contributed by atoms with Crippen molar-refractivity contribution < 1.29 is 13.2 Å². The molecule has 4 rings (SSSR count). The second kappa shape index (κ2) is 11.1. The Kier molecular flexibility index (Phi) is 7.66. The van der Waals surface area contributed by atoms with Crippen LogP contribution < -0.4 is 27.2 Å². The van der Waals surface area contributed by atoms with Gasteiger partial charge in [-0.1, -0.05) is 6.07 Å². The first kappa shape index (κ1) is 25.6. The van der Waals surface area contributed by atoms with Gasteiger partial charge in [-0.2, -0.15) is 10.2 Å². The summed E-state index contributed by atoms with van der Waals surface area (Å²) in [4.78, 5) is 21.9. The van der Waals surface area contributed by atoms with Gasteiger partial charge in [0.2, 0.25) is 5.95 Å². The Morgan fingerprint density at radius 3 is 2.54 bits per heavy atom. The number of aryl methyl sites for hydroxylation is 1. The van der Waals surface area contributed by atoms with E-state index in [0.29, 0.717) is 35.3 Å². The van der Waals surface area contributed by atoms with Crippen molar-refractivity contribution >= 4 is 17.0 Å². The van der Waals surface area contributed by atoms with E-state index < -0.39 is 34.9 Å². The molecule has 0 saturated heterocycles. The number of benzene rings is 2. The van der Waals surface area contributed by atoms with E-state index in [2.05, 4.69) is 25.9 Å². The van der Waals surface area contributed by atoms with Crippen LogP contribution in [-0.2, 0) is 0 Å².